The number of rotatable bonds is 6. The van der Waals surface area contributed by atoms with Crippen LogP contribution in [0.5, 0.6) is 0 Å². The fourth-order valence-electron chi connectivity index (χ4n) is 2.42. The van der Waals surface area contributed by atoms with E-state index in [1.807, 2.05) is 27.7 Å². The van der Waals surface area contributed by atoms with Crippen LogP contribution < -0.4 is 10.6 Å². The minimum Gasteiger partial charge on any atom is -0.444 e. The van der Waals surface area contributed by atoms with Crippen molar-refractivity contribution in [2.24, 2.45) is 5.92 Å². The Morgan fingerprint density at radius 2 is 2.08 bits per heavy atom. The maximum absolute atomic E-state index is 11.6. The van der Waals surface area contributed by atoms with Crippen molar-refractivity contribution in [1.29, 1.82) is 0 Å². The minimum absolute atomic E-state index is 0.225. The topological polar surface area (TPSA) is 101 Å². The molecule has 0 aliphatic carbocycles. The first-order chi connectivity index (χ1) is 11.3. The molecule has 0 bridgehead atoms. The Hall–Kier alpha value is -1.83. The number of carbonyl (C=O) groups is 1. The molecule has 1 fully saturated rings. The summed E-state index contributed by atoms with van der Waals surface area (Å²) in [5, 5.41) is 13.2. The van der Waals surface area contributed by atoms with E-state index in [-0.39, 0.29) is 5.92 Å². The molecule has 8 heteroatoms. The quantitative estimate of drug-likeness (QED) is 0.735. The van der Waals surface area contributed by atoms with Crippen LogP contribution in [0.3, 0.4) is 0 Å². The maximum atomic E-state index is 11.6. The molecule has 3 N–H and O–H groups in total. The molecule has 1 saturated heterocycles. The van der Waals surface area contributed by atoms with Gasteiger partial charge in [0.2, 0.25) is 5.95 Å². The number of H-pyrrole nitrogens is 1. The molecule has 1 aliphatic rings. The number of carbonyl (C=O) groups excluding carboxylic acids is 1. The van der Waals surface area contributed by atoms with Gasteiger partial charge in [-0.05, 0) is 39.5 Å². The standard InChI is InChI=1S/C16H29N5O3/c1-11(10-18-15(22)24-16(2,3)4)9-17-14-19-13(20-21-14)12-5-7-23-8-6-12/h11-12H,5-10H2,1-4H3,(H,18,22)(H2,17,19,20,21). The van der Waals surface area contributed by atoms with Gasteiger partial charge in [0, 0.05) is 32.2 Å². The molecule has 0 radical (unpaired) electrons. The largest absolute Gasteiger partial charge is 0.444 e. The minimum atomic E-state index is -0.481. The van der Waals surface area contributed by atoms with Gasteiger partial charge < -0.3 is 20.1 Å². The summed E-state index contributed by atoms with van der Waals surface area (Å²) >= 11 is 0. The number of aromatic amines is 1. The van der Waals surface area contributed by atoms with E-state index in [0.717, 1.165) is 31.9 Å². The van der Waals surface area contributed by atoms with Crippen LogP contribution >= 0.6 is 0 Å². The van der Waals surface area contributed by atoms with Gasteiger partial charge in [-0.1, -0.05) is 6.92 Å². The molecule has 1 amide bonds. The van der Waals surface area contributed by atoms with Crippen molar-refractivity contribution >= 4 is 12.0 Å². The van der Waals surface area contributed by atoms with Gasteiger partial charge in [-0.2, -0.15) is 4.98 Å². The summed E-state index contributed by atoms with van der Waals surface area (Å²) < 4.78 is 10.6. The number of hydrogen-bond donors (Lipinski definition) is 3. The second kappa shape index (κ2) is 8.32. The Bertz CT molecular complexity index is 520. The zero-order chi connectivity index (χ0) is 17.6. The predicted molar refractivity (Wildman–Crippen MR) is 91.1 cm³/mol. The SMILES string of the molecule is CC(CNC(=O)OC(C)(C)C)CNc1n[nH]c(C2CCOCC2)n1. The molecule has 2 rings (SSSR count). The molecule has 1 aliphatic heterocycles. The van der Waals surface area contributed by atoms with E-state index in [4.69, 9.17) is 9.47 Å². The average Bonchev–Trinajstić information content (AvgIpc) is 2.99. The highest BCUT2D eigenvalue weighted by atomic mass is 16.6. The highest BCUT2D eigenvalue weighted by Gasteiger charge is 2.20. The second-order valence-corrected chi connectivity index (χ2v) is 7.30. The molecule has 0 saturated carbocycles. The van der Waals surface area contributed by atoms with Crippen molar-refractivity contribution in [3.05, 3.63) is 5.82 Å². The van der Waals surface area contributed by atoms with E-state index in [2.05, 4.69) is 25.8 Å². The molecule has 2 heterocycles. The summed E-state index contributed by atoms with van der Waals surface area (Å²) in [4.78, 5) is 16.1. The molecule has 1 unspecified atom stereocenters. The molecule has 8 nitrogen and oxygen atoms in total. The van der Waals surface area contributed by atoms with Crippen LogP contribution in [-0.2, 0) is 9.47 Å². The lowest BCUT2D eigenvalue weighted by atomic mass is 10.00. The summed E-state index contributed by atoms with van der Waals surface area (Å²) in [6, 6.07) is 0. The van der Waals surface area contributed by atoms with Gasteiger partial charge in [0.25, 0.3) is 0 Å². The monoisotopic (exact) mass is 339 g/mol. The fourth-order valence-corrected chi connectivity index (χ4v) is 2.42. The second-order valence-electron chi connectivity index (χ2n) is 7.30. The molecule has 0 spiro atoms. The Balaban J connectivity index is 1.69. The summed E-state index contributed by atoms with van der Waals surface area (Å²) in [7, 11) is 0. The highest BCUT2D eigenvalue weighted by Crippen LogP contribution is 2.24. The lowest BCUT2D eigenvalue weighted by molar-refractivity contribution is 0.0521. The molecule has 1 aromatic heterocycles. The summed E-state index contributed by atoms with van der Waals surface area (Å²) in [6.45, 7) is 10.3. The average molecular weight is 339 g/mol. The van der Waals surface area contributed by atoms with Crippen molar-refractivity contribution in [2.45, 2.75) is 52.1 Å². The molecule has 1 atom stereocenters. The van der Waals surface area contributed by atoms with Crippen LogP contribution in [0.25, 0.3) is 0 Å². The van der Waals surface area contributed by atoms with E-state index >= 15 is 0 Å². The molecule has 0 aromatic carbocycles. The van der Waals surface area contributed by atoms with Gasteiger partial charge in [-0.3, -0.25) is 5.10 Å². The first-order valence-electron chi connectivity index (χ1n) is 8.54. The number of alkyl carbamates (subject to hydrolysis) is 1. The van der Waals surface area contributed by atoms with Crippen LogP contribution in [0.15, 0.2) is 0 Å². The van der Waals surface area contributed by atoms with Gasteiger partial charge in [-0.25, -0.2) is 4.79 Å². The van der Waals surface area contributed by atoms with E-state index in [9.17, 15) is 4.79 Å². The zero-order valence-corrected chi connectivity index (χ0v) is 15.0. The Morgan fingerprint density at radius 1 is 1.38 bits per heavy atom. The number of nitrogens with one attached hydrogen (secondary N) is 3. The van der Waals surface area contributed by atoms with Gasteiger partial charge in [0.05, 0.1) is 0 Å². The first-order valence-corrected chi connectivity index (χ1v) is 8.54. The van der Waals surface area contributed by atoms with Gasteiger partial charge in [-0.15, -0.1) is 5.10 Å². The molecule has 24 heavy (non-hydrogen) atoms. The number of aromatic nitrogens is 3. The van der Waals surface area contributed by atoms with Crippen molar-refractivity contribution in [3.8, 4) is 0 Å². The number of anilines is 1. The third kappa shape index (κ3) is 6.35. The normalized spacial score (nSPS) is 17.3. The number of nitrogens with zero attached hydrogens (tertiary/aromatic N) is 2. The maximum Gasteiger partial charge on any atom is 0.407 e. The Labute approximate surface area is 143 Å². The van der Waals surface area contributed by atoms with Crippen LogP contribution in [0, 0.1) is 5.92 Å². The van der Waals surface area contributed by atoms with Crippen molar-refractivity contribution in [2.75, 3.05) is 31.6 Å². The third-order valence-corrected chi connectivity index (χ3v) is 3.71. The van der Waals surface area contributed by atoms with E-state index < -0.39 is 11.7 Å². The highest BCUT2D eigenvalue weighted by molar-refractivity contribution is 5.67. The summed E-state index contributed by atoms with van der Waals surface area (Å²) in [5.74, 6) is 2.14. The fraction of sp³-hybridized carbons (Fsp3) is 0.812. The van der Waals surface area contributed by atoms with Crippen molar-refractivity contribution in [3.63, 3.8) is 0 Å². The summed E-state index contributed by atoms with van der Waals surface area (Å²) in [6.07, 6.45) is 1.56. The van der Waals surface area contributed by atoms with Crippen LogP contribution in [0.4, 0.5) is 10.7 Å². The first kappa shape index (κ1) is 18.5. The van der Waals surface area contributed by atoms with Gasteiger partial charge in [0.15, 0.2) is 0 Å². The van der Waals surface area contributed by atoms with Gasteiger partial charge in [0.1, 0.15) is 11.4 Å². The number of ether oxygens (including phenoxy) is 2. The predicted octanol–water partition coefficient (Wildman–Crippen LogP) is 2.27. The lowest BCUT2D eigenvalue weighted by Crippen LogP contribution is -2.36. The lowest BCUT2D eigenvalue weighted by Gasteiger charge is -2.20. The van der Waals surface area contributed by atoms with E-state index in [0.29, 0.717) is 25.0 Å². The molecule has 1 aromatic rings. The Morgan fingerprint density at radius 3 is 2.75 bits per heavy atom. The number of amides is 1. The zero-order valence-electron chi connectivity index (χ0n) is 15.0. The molecular formula is C16H29N5O3. The van der Waals surface area contributed by atoms with Crippen molar-refractivity contribution in [1.82, 2.24) is 20.5 Å². The number of hydrogen-bond acceptors (Lipinski definition) is 6. The van der Waals surface area contributed by atoms with Gasteiger partial charge >= 0.3 is 6.09 Å². The van der Waals surface area contributed by atoms with Crippen LogP contribution in [-0.4, -0.2) is 53.2 Å². The van der Waals surface area contributed by atoms with Crippen molar-refractivity contribution < 1.29 is 14.3 Å². The summed E-state index contributed by atoms with van der Waals surface area (Å²) in [5.41, 5.74) is -0.481. The van der Waals surface area contributed by atoms with E-state index in [1.165, 1.54) is 0 Å². The molecular weight excluding hydrogens is 310 g/mol. The van der Waals surface area contributed by atoms with Crippen LogP contribution in [0.1, 0.15) is 52.3 Å². The van der Waals surface area contributed by atoms with Crippen LogP contribution in [0.2, 0.25) is 0 Å². The Kier molecular flexibility index (Phi) is 6.42. The van der Waals surface area contributed by atoms with E-state index in [1.54, 1.807) is 0 Å². The third-order valence-electron chi connectivity index (χ3n) is 3.71. The smallest absolute Gasteiger partial charge is 0.407 e. The molecule has 136 valence electrons.